The van der Waals surface area contributed by atoms with Crippen molar-refractivity contribution in [3.8, 4) is 0 Å². The van der Waals surface area contributed by atoms with Crippen LogP contribution in [-0.4, -0.2) is 89.2 Å². The van der Waals surface area contributed by atoms with E-state index in [4.69, 9.17) is 29.2 Å². The van der Waals surface area contributed by atoms with Crippen LogP contribution in [0.4, 0.5) is 0 Å². The van der Waals surface area contributed by atoms with Gasteiger partial charge in [0.1, 0.15) is 6.61 Å². The fourth-order valence-electron chi connectivity index (χ4n) is 1.67. The SMILES string of the molecule is COCCOCCO.COCCOCCOC(=O)c1ccccc1C(=O)O. The second-order valence-electron chi connectivity index (χ2n) is 4.92. The van der Waals surface area contributed by atoms with Crippen LogP contribution in [0.25, 0.3) is 0 Å². The predicted molar refractivity (Wildman–Crippen MR) is 96.2 cm³/mol. The molecule has 0 saturated heterocycles. The van der Waals surface area contributed by atoms with Crippen LogP contribution in [0.2, 0.25) is 0 Å². The number of aliphatic hydroxyl groups excluding tert-OH is 1. The molecule has 1 rings (SSSR count). The number of methoxy groups -OCH3 is 2. The molecule has 154 valence electrons. The molecule has 0 fully saturated rings. The van der Waals surface area contributed by atoms with Crippen LogP contribution >= 0.6 is 0 Å². The third-order valence-electron chi connectivity index (χ3n) is 2.94. The third-order valence-corrected chi connectivity index (χ3v) is 2.94. The van der Waals surface area contributed by atoms with Crippen molar-refractivity contribution in [2.75, 3.05) is 67.1 Å². The summed E-state index contributed by atoms with van der Waals surface area (Å²) in [6.07, 6.45) is 0. The largest absolute Gasteiger partial charge is 0.478 e. The smallest absolute Gasteiger partial charge is 0.339 e. The number of ether oxygens (including phenoxy) is 5. The standard InChI is InChI=1S/C13H16O6.C5H12O3/c1-17-6-7-18-8-9-19-13(16)11-5-3-2-4-10(11)12(14)15;1-7-4-5-8-3-2-6/h2-5H,6-9H2,1H3,(H,14,15);6H,2-5H2,1H3. The van der Waals surface area contributed by atoms with Crippen molar-refractivity contribution in [2.45, 2.75) is 0 Å². The quantitative estimate of drug-likeness (QED) is 0.374. The van der Waals surface area contributed by atoms with E-state index in [2.05, 4.69) is 4.74 Å². The first kappa shape index (κ1) is 25.0. The van der Waals surface area contributed by atoms with Gasteiger partial charge in [-0.3, -0.25) is 0 Å². The Morgan fingerprint density at radius 3 is 1.85 bits per heavy atom. The molecule has 0 aliphatic carbocycles. The van der Waals surface area contributed by atoms with Crippen molar-refractivity contribution < 1.29 is 43.5 Å². The second kappa shape index (κ2) is 17.4. The summed E-state index contributed by atoms with van der Waals surface area (Å²) in [6, 6.07) is 5.90. The Bertz CT molecular complexity index is 513. The normalized spacial score (nSPS) is 10.0. The summed E-state index contributed by atoms with van der Waals surface area (Å²) in [4.78, 5) is 22.6. The number of carboxylic acids is 1. The maximum Gasteiger partial charge on any atom is 0.339 e. The number of esters is 1. The van der Waals surface area contributed by atoms with Gasteiger partial charge in [-0.25, -0.2) is 9.59 Å². The van der Waals surface area contributed by atoms with Gasteiger partial charge < -0.3 is 33.9 Å². The highest BCUT2D eigenvalue weighted by Gasteiger charge is 2.16. The Morgan fingerprint density at radius 1 is 0.815 bits per heavy atom. The van der Waals surface area contributed by atoms with E-state index in [0.29, 0.717) is 33.0 Å². The van der Waals surface area contributed by atoms with E-state index in [-0.39, 0.29) is 30.9 Å². The summed E-state index contributed by atoms with van der Waals surface area (Å²) in [5.74, 6) is -1.84. The number of rotatable bonds is 13. The predicted octanol–water partition coefficient (Wildman–Crippen LogP) is 0.846. The lowest BCUT2D eigenvalue weighted by Gasteiger charge is -2.07. The van der Waals surface area contributed by atoms with Crippen molar-refractivity contribution in [1.29, 1.82) is 0 Å². The average molecular weight is 388 g/mol. The Hall–Kier alpha value is -2.04. The summed E-state index contributed by atoms with van der Waals surface area (Å²) < 4.78 is 24.4. The number of hydrogen-bond donors (Lipinski definition) is 2. The van der Waals surface area contributed by atoms with Crippen LogP contribution in [-0.2, 0) is 23.7 Å². The van der Waals surface area contributed by atoms with Gasteiger partial charge in [-0.05, 0) is 12.1 Å². The number of carboxylic acid groups (broad SMARTS) is 1. The molecule has 0 aliphatic rings. The van der Waals surface area contributed by atoms with Gasteiger partial charge >= 0.3 is 11.9 Å². The molecule has 0 heterocycles. The minimum atomic E-state index is -1.16. The molecule has 0 atom stereocenters. The first-order valence-electron chi connectivity index (χ1n) is 8.32. The van der Waals surface area contributed by atoms with E-state index >= 15 is 0 Å². The zero-order chi connectivity index (χ0) is 20.3. The van der Waals surface area contributed by atoms with Gasteiger partial charge in [0.2, 0.25) is 0 Å². The van der Waals surface area contributed by atoms with E-state index in [1.807, 2.05) is 0 Å². The van der Waals surface area contributed by atoms with Crippen molar-refractivity contribution in [3.05, 3.63) is 35.4 Å². The summed E-state index contributed by atoms with van der Waals surface area (Å²) in [7, 11) is 3.18. The molecule has 0 aromatic heterocycles. The molecule has 2 N–H and O–H groups in total. The van der Waals surface area contributed by atoms with Crippen LogP contribution in [0.15, 0.2) is 24.3 Å². The van der Waals surface area contributed by atoms with Crippen LogP contribution < -0.4 is 0 Å². The Kier molecular flexibility index (Phi) is 16.1. The lowest BCUT2D eigenvalue weighted by atomic mass is 10.1. The average Bonchev–Trinajstić information content (AvgIpc) is 2.68. The van der Waals surface area contributed by atoms with Gasteiger partial charge in [0.25, 0.3) is 0 Å². The molecule has 0 spiro atoms. The van der Waals surface area contributed by atoms with Crippen LogP contribution in [0.3, 0.4) is 0 Å². The Labute approximate surface area is 158 Å². The van der Waals surface area contributed by atoms with Gasteiger partial charge in [0, 0.05) is 14.2 Å². The van der Waals surface area contributed by atoms with Gasteiger partial charge in [-0.2, -0.15) is 0 Å². The molecule has 0 bridgehead atoms. The molecule has 0 unspecified atom stereocenters. The fraction of sp³-hybridized carbons (Fsp3) is 0.556. The number of aromatic carboxylic acids is 1. The van der Waals surface area contributed by atoms with Crippen molar-refractivity contribution >= 4 is 11.9 Å². The Balaban J connectivity index is 0.000000713. The summed E-state index contributed by atoms with van der Waals surface area (Å²) in [5, 5.41) is 17.1. The molecule has 9 heteroatoms. The highest BCUT2D eigenvalue weighted by atomic mass is 16.6. The number of benzene rings is 1. The first-order valence-corrected chi connectivity index (χ1v) is 8.32. The van der Waals surface area contributed by atoms with Crippen LogP contribution in [0.1, 0.15) is 20.7 Å². The molecule has 0 amide bonds. The van der Waals surface area contributed by atoms with E-state index < -0.39 is 11.9 Å². The fourth-order valence-corrected chi connectivity index (χ4v) is 1.67. The maximum absolute atomic E-state index is 11.7. The van der Waals surface area contributed by atoms with E-state index in [9.17, 15) is 9.59 Å². The zero-order valence-electron chi connectivity index (χ0n) is 15.7. The van der Waals surface area contributed by atoms with Gasteiger partial charge in [0.15, 0.2) is 0 Å². The van der Waals surface area contributed by atoms with Gasteiger partial charge in [-0.15, -0.1) is 0 Å². The molecule has 0 saturated carbocycles. The molecular formula is C18H28O9. The van der Waals surface area contributed by atoms with Crippen molar-refractivity contribution in [2.24, 2.45) is 0 Å². The number of hydrogen-bond acceptors (Lipinski definition) is 8. The van der Waals surface area contributed by atoms with Gasteiger partial charge in [0.05, 0.1) is 57.4 Å². The molecule has 27 heavy (non-hydrogen) atoms. The highest BCUT2D eigenvalue weighted by Crippen LogP contribution is 2.10. The maximum atomic E-state index is 11.7. The van der Waals surface area contributed by atoms with E-state index in [0.717, 1.165) is 0 Å². The molecule has 1 aromatic carbocycles. The first-order chi connectivity index (χ1) is 13.1. The molecular weight excluding hydrogens is 360 g/mol. The molecule has 0 radical (unpaired) electrons. The summed E-state index contributed by atoms with van der Waals surface area (Å²) in [6.45, 7) is 2.85. The van der Waals surface area contributed by atoms with Crippen molar-refractivity contribution in [1.82, 2.24) is 0 Å². The second-order valence-corrected chi connectivity index (χ2v) is 4.92. The zero-order valence-corrected chi connectivity index (χ0v) is 15.7. The highest BCUT2D eigenvalue weighted by molar-refractivity contribution is 6.02. The van der Waals surface area contributed by atoms with Crippen LogP contribution in [0.5, 0.6) is 0 Å². The number of carbonyl (C=O) groups excluding carboxylic acids is 1. The lowest BCUT2D eigenvalue weighted by molar-refractivity contribution is 0.0211. The lowest BCUT2D eigenvalue weighted by Crippen LogP contribution is -2.15. The van der Waals surface area contributed by atoms with Crippen LogP contribution in [0, 0.1) is 0 Å². The summed E-state index contributed by atoms with van der Waals surface area (Å²) in [5.41, 5.74) is -0.0420. The van der Waals surface area contributed by atoms with Crippen molar-refractivity contribution in [3.63, 3.8) is 0 Å². The monoisotopic (exact) mass is 388 g/mol. The topological polar surface area (TPSA) is 121 Å². The number of carbonyl (C=O) groups is 2. The molecule has 0 aliphatic heterocycles. The van der Waals surface area contributed by atoms with E-state index in [1.165, 1.54) is 12.1 Å². The third kappa shape index (κ3) is 12.9. The molecule has 9 nitrogen and oxygen atoms in total. The summed E-state index contributed by atoms with van der Waals surface area (Å²) >= 11 is 0. The molecule has 1 aromatic rings. The Morgan fingerprint density at radius 2 is 1.33 bits per heavy atom. The van der Waals surface area contributed by atoms with E-state index in [1.54, 1.807) is 26.4 Å². The van der Waals surface area contributed by atoms with Gasteiger partial charge in [-0.1, -0.05) is 12.1 Å². The minimum absolute atomic E-state index is 0.0342. The number of aliphatic hydroxyl groups is 1. The minimum Gasteiger partial charge on any atom is -0.478 e.